The van der Waals surface area contributed by atoms with Gasteiger partial charge in [0.2, 0.25) is 0 Å². The van der Waals surface area contributed by atoms with Crippen molar-refractivity contribution < 1.29 is 4.79 Å². The van der Waals surface area contributed by atoms with E-state index in [4.69, 9.17) is 0 Å². The Bertz CT molecular complexity index is 424. The van der Waals surface area contributed by atoms with Crippen molar-refractivity contribution in [2.45, 2.75) is 19.4 Å². The Morgan fingerprint density at radius 1 is 1.36 bits per heavy atom. The molecule has 0 saturated heterocycles. The first kappa shape index (κ1) is 8.87. The maximum atomic E-state index is 11.6. The smallest absolute Gasteiger partial charge is 0.254 e. The van der Waals surface area contributed by atoms with Gasteiger partial charge >= 0.3 is 0 Å². The molecule has 1 amide bonds. The first-order chi connectivity index (χ1) is 6.56. The molecule has 1 aliphatic heterocycles. The van der Waals surface area contributed by atoms with Crippen LogP contribution in [-0.2, 0) is 5.54 Å². The number of carbonyl (C=O) groups excluding carboxylic acids is 1. The van der Waals surface area contributed by atoms with Gasteiger partial charge in [-0.3, -0.25) is 4.79 Å². The SMILES string of the molecule is CC1(C)NC(=O)c2c(N=O)cccc21. The van der Waals surface area contributed by atoms with E-state index < -0.39 is 5.54 Å². The van der Waals surface area contributed by atoms with Crippen LogP contribution >= 0.6 is 0 Å². The summed E-state index contributed by atoms with van der Waals surface area (Å²) >= 11 is 0. The Labute approximate surface area is 81.3 Å². The first-order valence-electron chi connectivity index (χ1n) is 4.35. The average Bonchev–Trinajstić information content (AvgIpc) is 2.38. The Morgan fingerprint density at radius 3 is 2.71 bits per heavy atom. The summed E-state index contributed by atoms with van der Waals surface area (Å²) in [6, 6.07) is 5.12. The molecule has 0 fully saturated rings. The molecule has 72 valence electrons. The lowest BCUT2D eigenvalue weighted by molar-refractivity contribution is 0.0941. The van der Waals surface area contributed by atoms with E-state index in [9.17, 15) is 9.70 Å². The van der Waals surface area contributed by atoms with Gasteiger partial charge in [-0.25, -0.2) is 0 Å². The molecular formula is C10H10N2O2. The third kappa shape index (κ3) is 1.04. The molecule has 0 aromatic heterocycles. The molecule has 1 aliphatic rings. The van der Waals surface area contributed by atoms with Gasteiger partial charge < -0.3 is 5.32 Å². The van der Waals surface area contributed by atoms with Crippen molar-refractivity contribution in [1.29, 1.82) is 0 Å². The van der Waals surface area contributed by atoms with Crippen LogP contribution in [0.5, 0.6) is 0 Å². The van der Waals surface area contributed by atoms with E-state index in [1.165, 1.54) is 0 Å². The van der Waals surface area contributed by atoms with Gasteiger partial charge in [-0.1, -0.05) is 12.1 Å². The number of fused-ring (bicyclic) bond motifs is 1. The van der Waals surface area contributed by atoms with Crippen molar-refractivity contribution in [1.82, 2.24) is 5.32 Å². The lowest BCUT2D eigenvalue weighted by Crippen LogP contribution is -2.32. The summed E-state index contributed by atoms with van der Waals surface area (Å²) in [5.41, 5.74) is 1.05. The standard InChI is InChI=1S/C10H10N2O2/c1-10(2)6-4-3-5-7(12-14)8(6)9(13)11-10/h3-5H,1-2H3,(H,11,13). The largest absolute Gasteiger partial charge is 0.343 e. The van der Waals surface area contributed by atoms with Crippen LogP contribution in [-0.4, -0.2) is 5.91 Å². The summed E-state index contributed by atoms with van der Waals surface area (Å²) < 4.78 is 0. The summed E-state index contributed by atoms with van der Waals surface area (Å²) in [5, 5.41) is 5.64. The van der Waals surface area contributed by atoms with Gasteiger partial charge in [0.05, 0.1) is 11.1 Å². The number of carbonyl (C=O) groups is 1. The molecule has 14 heavy (non-hydrogen) atoms. The summed E-state index contributed by atoms with van der Waals surface area (Å²) in [5.74, 6) is -0.222. The lowest BCUT2D eigenvalue weighted by Gasteiger charge is -2.18. The van der Waals surface area contributed by atoms with E-state index in [0.717, 1.165) is 5.56 Å². The maximum absolute atomic E-state index is 11.6. The molecule has 0 aliphatic carbocycles. The summed E-state index contributed by atoms with van der Waals surface area (Å²) in [6.07, 6.45) is 0. The lowest BCUT2D eigenvalue weighted by atomic mass is 9.94. The molecular weight excluding hydrogens is 180 g/mol. The fraction of sp³-hybridized carbons (Fsp3) is 0.300. The second-order valence-electron chi connectivity index (χ2n) is 3.87. The fourth-order valence-electron chi connectivity index (χ4n) is 1.79. The van der Waals surface area contributed by atoms with E-state index in [1.54, 1.807) is 12.1 Å². The number of benzene rings is 1. The molecule has 1 aromatic rings. The monoisotopic (exact) mass is 190 g/mol. The molecule has 1 aromatic carbocycles. The van der Waals surface area contributed by atoms with E-state index >= 15 is 0 Å². The number of nitrogens with one attached hydrogen (secondary N) is 1. The van der Waals surface area contributed by atoms with Crippen LogP contribution in [0, 0.1) is 4.91 Å². The first-order valence-corrected chi connectivity index (χ1v) is 4.35. The fourth-order valence-corrected chi connectivity index (χ4v) is 1.79. The molecule has 1 N–H and O–H groups in total. The molecule has 4 nitrogen and oxygen atoms in total. The van der Waals surface area contributed by atoms with Crippen molar-refractivity contribution >= 4 is 11.6 Å². The Hall–Kier alpha value is -1.71. The minimum atomic E-state index is -0.410. The zero-order valence-electron chi connectivity index (χ0n) is 8.00. The number of hydrogen-bond acceptors (Lipinski definition) is 3. The average molecular weight is 190 g/mol. The Morgan fingerprint density at radius 2 is 2.07 bits per heavy atom. The molecule has 4 heteroatoms. The van der Waals surface area contributed by atoms with Gasteiger partial charge in [0.15, 0.2) is 0 Å². The van der Waals surface area contributed by atoms with Crippen molar-refractivity contribution in [2.75, 3.05) is 0 Å². The van der Waals surface area contributed by atoms with Gasteiger partial charge in [0.25, 0.3) is 5.91 Å². The van der Waals surface area contributed by atoms with Gasteiger partial charge in [-0.05, 0) is 30.7 Å². The second-order valence-corrected chi connectivity index (χ2v) is 3.87. The van der Waals surface area contributed by atoms with Crippen molar-refractivity contribution in [3.05, 3.63) is 34.2 Å². The van der Waals surface area contributed by atoms with Crippen molar-refractivity contribution in [2.24, 2.45) is 5.18 Å². The van der Waals surface area contributed by atoms with Crippen LogP contribution in [0.2, 0.25) is 0 Å². The zero-order chi connectivity index (χ0) is 10.3. The Balaban J connectivity index is 2.73. The van der Waals surface area contributed by atoms with Crippen LogP contribution < -0.4 is 5.32 Å². The molecule has 1 heterocycles. The summed E-state index contributed by atoms with van der Waals surface area (Å²) in [7, 11) is 0. The highest BCUT2D eigenvalue weighted by Crippen LogP contribution is 2.35. The van der Waals surface area contributed by atoms with E-state index in [0.29, 0.717) is 5.56 Å². The number of nitroso groups, excluding NO2 is 1. The molecule has 0 bridgehead atoms. The van der Waals surface area contributed by atoms with Gasteiger partial charge in [-0.2, -0.15) is 0 Å². The van der Waals surface area contributed by atoms with Crippen LogP contribution in [0.1, 0.15) is 29.8 Å². The number of rotatable bonds is 1. The molecule has 0 spiro atoms. The maximum Gasteiger partial charge on any atom is 0.254 e. The molecule has 0 unspecified atom stereocenters. The van der Waals surface area contributed by atoms with Gasteiger partial charge in [-0.15, -0.1) is 4.91 Å². The third-order valence-corrected chi connectivity index (χ3v) is 2.47. The van der Waals surface area contributed by atoms with Crippen LogP contribution in [0.25, 0.3) is 0 Å². The quantitative estimate of drug-likeness (QED) is 0.689. The van der Waals surface area contributed by atoms with Crippen molar-refractivity contribution in [3.8, 4) is 0 Å². The van der Waals surface area contributed by atoms with E-state index in [2.05, 4.69) is 10.5 Å². The molecule has 0 radical (unpaired) electrons. The highest BCUT2D eigenvalue weighted by molar-refractivity contribution is 6.04. The normalized spacial score (nSPS) is 17.4. The Kier molecular flexibility index (Phi) is 1.67. The highest BCUT2D eigenvalue weighted by Gasteiger charge is 2.36. The summed E-state index contributed by atoms with van der Waals surface area (Å²) in [6.45, 7) is 3.79. The topological polar surface area (TPSA) is 58.5 Å². The van der Waals surface area contributed by atoms with Crippen molar-refractivity contribution in [3.63, 3.8) is 0 Å². The third-order valence-electron chi connectivity index (χ3n) is 2.47. The number of amides is 1. The highest BCUT2D eigenvalue weighted by atomic mass is 16.3. The van der Waals surface area contributed by atoms with E-state index in [1.807, 2.05) is 19.9 Å². The molecule has 0 atom stereocenters. The predicted molar refractivity (Wildman–Crippen MR) is 52.4 cm³/mol. The van der Waals surface area contributed by atoms with Crippen LogP contribution in [0.3, 0.4) is 0 Å². The van der Waals surface area contributed by atoms with Crippen LogP contribution in [0.4, 0.5) is 5.69 Å². The number of nitrogens with zero attached hydrogens (tertiary/aromatic N) is 1. The minimum absolute atomic E-state index is 0.213. The minimum Gasteiger partial charge on any atom is -0.343 e. The summed E-state index contributed by atoms with van der Waals surface area (Å²) in [4.78, 5) is 22.0. The number of hydrogen-bond donors (Lipinski definition) is 1. The van der Waals surface area contributed by atoms with Crippen LogP contribution in [0.15, 0.2) is 23.4 Å². The van der Waals surface area contributed by atoms with Gasteiger partial charge in [0.1, 0.15) is 5.69 Å². The predicted octanol–water partition coefficient (Wildman–Crippen LogP) is 2.06. The zero-order valence-corrected chi connectivity index (χ0v) is 8.00. The molecule has 0 saturated carbocycles. The van der Waals surface area contributed by atoms with Gasteiger partial charge in [0, 0.05) is 0 Å². The second kappa shape index (κ2) is 2.64. The van der Waals surface area contributed by atoms with E-state index in [-0.39, 0.29) is 11.6 Å². The molecule has 2 rings (SSSR count).